The van der Waals surface area contributed by atoms with E-state index < -0.39 is 0 Å². The number of aliphatic imine (C=N–C) groups is 1. The second-order valence-electron chi connectivity index (χ2n) is 5.02. The number of benzene rings is 1. The van der Waals surface area contributed by atoms with Gasteiger partial charge in [-0.1, -0.05) is 6.07 Å². The Balaban J connectivity index is 1.92. The van der Waals surface area contributed by atoms with Gasteiger partial charge in [0.2, 0.25) is 5.11 Å². The molecule has 1 aliphatic heterocycles. The molecule has 23 heavy (non-hydrogen) atoms. The van der Waals surface area contributed by atoms with Gasteiger partial charge in [0.1, 0.15) is 5.75 Å². The lowest BCUT2D eigenvalue weighted by molar-refractivity contribution is 0.378. The number of hydrogen-bond donors (Lipinski definition) is 0. The zero-order valence-electron chi connectivity index (χ0n) is 13.0. The molecule has 2 aromatic rings. The predicted octanol–water partition coefficient (Wildman–Crippen LogP) is 4.28. The molecule has 6 heteroatoms. The van der Waals surface area contributed by atoms with Crippen LogP contribution in [0.3, 0.4) is 0 Å². The smallest absolute Gasteiger partial charge is 0.216 e. The Morgan fingerprint density at radius 2 is 2.17 bits per heavy atom. The van der Waals surface area contributed by atoms with E-state index in [2.05, 4.69) is 22.5 Å². The molecule has 0 radical (unpaired) electrons. The first kappa shape index (κ1) is 15.8. The second kappa shape index (κ2) is 7.02. The molecule has 3 rings (SSSR count). The average molecular weight is 343 g/mol. The standard InChI is InChI=1S/C17H17N3OS2/c1-3-18-17(22)20-15(16-5-4-10-23-16)11-14(19-20)12-6-8-13(21-2)9-7-12/h3-10,15H,11H2,1-2H3/b18-3+. The first-order valence-corrected chi connectivity index (χ1v) is 8.59. The van der Waals surface area contributed by atoms with Crippen LogP contribution < -0.4 is 4.74 Å². The van der Waals surface area contributed by atoms with Crippen LogP contribution in [0.15, 0.2) is 51.9 Å². The molecular formula is C17H17N3OS2. The maximum absolute atomic E-state index is 5.41. The molecule has 1 atom stereocenters. The Kier molecular flexibility index (Phi) is 4.83. The van der Waals surface area contributed by atoms with Crippen molar-refractivity contribution in [2.75, 3.05) is 7.11 Å². The molecule has 1 unspecified atom stereocenters. The number of nitrogens with zero attached hydrogens (tertiary/aromatic N) is 3. The van der Waals surface area contributed by atoms with Gasteiger partial charge in [-0.3, -0.25) is 0 Å². The van der Waals surface area contributed by atoms with Crippen LogP contribution in [-0.4, -0.2) is 29.2 Å². The summed E-state index contributed by atoms with van der Waals surface area (Å²) in [5.41, 5.74) is 2.10. The largest absolute Gasteiger partial charge is 0.497 e. The van der Waals surface area contributed by atoms with Crippen LogP contribution in [-0.2, 0) is 0 Å². The zero-order valence-corrected chi connectivity index (χ0v) is 14.6. The third-order valence-corrected chi connectivity index (χ3v) is 4.91. The molecule has 4 nitrogen and oxygen atoms in total. The minimum absolute atomic E-state index is 0.114. The SMILES string of the molecule is C/C=N/C(=S)N1N=C(c2ccc(OC)cc2)CC1c1cccs1. The van der Waals surface area contributed by atoms with Crippen molar-refractivity contribution < 1.29 is 4.74 Å². The summed E-state index contributed by atoms with van der Waals surface area (Å²) in [6.45, 7) is 1.86. The van der Waals surface area contributed by atoms with E-state index in [0.29, 0.717) is 5.11 Å². The topological polar surface area (TPSA) is 37.2 Å². The molecule has 0 saturated heterocycles. The first-order valence-electron chi connectivity index (χ1n) is 7.30. The number of ether oxygens (including phenoxy) is 1. The van der Waals surface area contributed by atoms with Gasteiger partial charge < -0.3 is 4.74 Å². The van der Waals surface area contributed by atoms with Crippen LogP contribution in [0.2, 0.25) is 0 Å². The van der Waals surface area contributed by atoms with Crippen molar-refractivity contribution in [3.8, 4) is 5.75 Å². The lowest BCUT2D eigenvalue weighted by atomic mass is 10.0. The van der Waals surface area contributed by atoms with E-state index in [1.165, 1.54) is 4.88 Å². The molecule has 1 aliphatic rings. The summed E-state index contributed by atoms with van der Waals surface area (Å²) in [4.78, 5) is 5.47. The monoisotopic (exact) mass is 343 g/mol. The number of hydrazone groups is 1. The quantitative estimate of drug-likeness (QED) is 0.616. The van der Waals surface area contributed by atoms with Gasteiger partial charge in [-0.25, -0.2) is 10.0 Å². The van der Waals surface area contributed by atoms with Crippen molar-refractivity contribution in [3.63, 3.8) is 0 Å². The summed E-state index contributed by atoms with van der Waals surface area (Å²) in [6.07, 6.45) is 2.51. The Bertz CT molecular complexity index is 736. The van der Waals surface area contributed by atoms with Crippen molar-refractivity contribution in [1.82, 2.24) is 5.01 Å². The summed E-state index contributed by atoms with van der Waals surface area (Å²) >= 11 is 7.13. The van der Waals surface area contributed by atoms with Crippen LogP contribution >= 0.6 is 23.6 Å². The highest BCUT2D eigenvalue weighted by molar-refractivity contribution is 7.80. The van der Waals surface area contributed by atoms with Crippen LogP contribution in [0.5, 0.6) is 5.75 Å². The van der Waals surface area contributed by atoms with E-state index >= 15 is 0 Å². The molecule has 0 fully saturated rings. The molecule has 0 amide bonds. The van der Waals surface area contributed by atoms with Gasteiger partial charge in [0.05, 0.1) is 18.9 Å². The number of rotatable bonds is 3. The highest BCUT2D eigenvalue weighted by Crippen LogP contribution is 2.35. The fourth-order valence-corrected chi connectivity index (χ4v) is 3.60. The van der Waals surface area contributed by atoms with E-state index in [0.717, 1.165) is 23.4 Å². The minimum Gasteiger partial charge on any atom is -0.497 e. The van der Waals surface area contributed by atoms with Crippen molar-refractivity contribution in [1.29, 1.82) is 0 Å². The van der Waals surface area contributed by atoms with Crippen molar-refractivity contribution >= 4 is 40.6 Å². The van der Waals surface area contributed by atoms with Crippen LogP contribution in [0, 0.1) is 0 Å². The van der Waals surface area contributed by atoms with Gasteiger partial charge in [0, 0.05) is 17.5 Å². The normalized spacial score (nSPS) is 17.6. The van der Waals surface area contributed by atoms with Gasteiger partial charge >= 0.3 is 0 Å². The number of methoxy groups -OCH3 is 1. The van der Waals surface area contributed by atoms with Gasteiger partial charge in [-0.05, 0) is 60.4 Å². The molecule has 0 saturated carbocycles. The molecule has 2 heterocycles. The second-order valence-corrected chi connectivity index (χ2v) is 6.37. The van der Waals surface area contributed by atoms with Crippen molar-refractivity contribution in [3.05, 3.63) is 52.2 Å². The van der Waals surface area contributed by atoms with Crippen molar-refractivity contribution in [2.24, 2.45) is 10.1 Å². The fraction of sp³-hybridized carbons (Fsp3) is 0.235. The maximum atomic E-state index is 5.41. The summed E-state index contributed by atoms with van der Waals surface area (Å²) in [6, 6.07) is 12.2. The Hall–Kier alpha value is -2.05. The summed E-state index contributed by atoms with van der Waals surface area (Å²) in [7, 11) is 1.66. The van der Waals surface area contributed by atoms with Crippen LogP contribution in [0.1, 0.15) is 29.8 Å². The summed E-state index contributed by atoms with van der Waals surface area (Å²) < 4.78 is 5.21. The lowest BCUT2D eigenvalue weighted by Gasteiger charge is -2.20. The molecule has 1 aromatic heterocycles. The average Bonchev–Trinajstić information content (AvgIpc) is 3.24. The summed E-state index contributed by atoms with van der Waals surface area (Å²) in [5, 5.41) is 9.15. The van der Waals surface area contributed by atoms with E-state index in [1.807, 2.05) is 36.2 Å². The summed E-state index contributed by atoms with van der Waals surface area (Å²) in [5.74, 6) is 0.838. The molecule has 0 bridgehead atoms. The molecule has 0 N–H and O–H groups in total. The Labute approximate surface area is 145 Å². The molecular weight excluding hydrogens is 326 g/mol. The van der Waals surface area contributed by atoms with E-state index in [4.69, 9.17) is 22.1 Å². The lowest BCUT2D eigenvalue weighted by Crippen LogP contribution is -2.23. The van der Waals surface area contributed by atoms with Gasteiger partial charge in [0.25, 0.3) is 0 Å². The zero-order chi connectivity index (χ0) is 16.2. The van der Waals surface area contributed by atoms with E-state index in [9.17, 15) is 0 Å². The Morgan fingerprint density at radius 1 is 1.39 bits per heavy atom. The van der Waals surface area contributed by atoms with E-state index in [-0.39, 0.29) is 6.04 Å². The molecule has 1 aromatic carbocycles. The van der Waals surface area contributed by atoms with Gasteiger partial charge in [0.15, 0.2) is 0 Å². The first-order chi connectivity index (χ1) is 11.2. The highest BCUT2D eigenvalue weighted by atomic mass is 32.1. The minimum atomic E-state index is 0.114. The van der Waals surface area contributed by atoms with E-state index in [1.54, 1.807) is 24.7 Å². The molecule has 118 valence electrons. The number of thiophene rings is 1. The van der Waals surface area contributed by atoms with Crippen LogP contribution in [0.25, 0.3) is 0 Å². The fourth-order valence-electron chi connectivity index (χ4n) is 2.52. The Morgan fingerprint density at radius 3 is 2.78 bits per heavy atom. The highest BCUT2D eigenvalue weighted by Gasteiger charge is 2.31. The third-order valence-electron chi connectivity index (χ3n) is 3.64. The maximum Gasteiger partial charge on any atom is 0.216 e. The van der Waals surface area contributed by atoms with Gasteiger partial charge in [-0.2, -0.15) is 5.10 Å². The number of thiocarbonyl (C=S) groups is 1. The van der Waals surface area contributed by atoms with Crippen molar-refractivity contribution in [2.45, 2.75) is 19.4 Å². The molecule has 0 spiro atoms. The van der Waals surface area contributed by atoms with Gasteiger partial charge in [-0.15, -0.1) is 11.3 Å². The number of hydrogen-bond acceptors (Lipinski definition) is 4. The predicted molar refractivity (Wildman–Crippen MR) is 99.8 cm³/mol. The third kappa shape index (κ3) is 3.33. The van der Waals surface area contributed by atoms with Crippen LogP contribution in [0.4, 0.5) is 0 Å². The molecule has 0 aliphatic carbocycles.